The van der Waals surface area contributed by atoms with Crippen LogP contribution in [0.3, 0.4) is 0 Å². The molecular weight excluding hydrogens is 531 g/mol. The molecule has 0 atom stereocenters. The fourth-order valence-corrected chi connectivity index (χ4v) is 4.50. The van der Waals surface area contributed by atoms with E-state index >= 15 is 0 Å². The minimum Gasteiger partial charge on any atom is -0.497 e. The molecule has 1 aliphatic carbocycles. The van der Waals surface area contributed by atoms with E-state index < -0.39 is 0 Å². The summed E-state index contributed by atoms with van der Waals surface area (Å²) in [7, 11) is 3.47. The van der Waals surface area contributed by atoms with Crippen LogP contribution in [0, 0.1) is 0 Å². The topological polar surface area (TPSA) is 67.4 Å². The van der Waals surface area contributed by atoms with Crippen molar-refractivity contribution in [1.82, 2.24) is 15.5 Å². The summed E-state index contributed by atoms with van der Waals surface area (Å²) in [5, 5.41) is 7.06. The lowest BCUT2D eigenvalue weighted by molar-refractivity contribution is 0.155. The van der Waals surface area contributed by atoms with Crippen LogP contribution in [0.1, 0.15) is 57.4 Å². The molecule has 0 bridgehead atoms. The number of rotatable bonds is 11. The third kappa shape index (κ3) is 9.48. The predicted octanol–water partition coefficient (Wildman–Crippen LogP) is 4.19. The Balaban J connectivity index is 0.00000385. The van der Waals surface area contributed by atoms with Crippen molar-refractivity contribution in [3.63, 3.8) is 0 Å². The van der Waals surface area contributed by atoms with Gasteiger partial charge in [-0.05, 0) is 64.0 Å². The molecule has 0 unspecified atom stereocenters. The summed E-state index contributed by atoms with van der Waals surface area (Å²) in [6.07, 6.45) is 8.45. The van der Waals surface area contributed by atoms with Crippen LogP contribution < -0.4 is 20.1 Å². The highest BCUT2D eigenvalue weighted by Gasteiger charge is 2.20. The monoisotopic (exact) mass is 574 g/mol. The summed E-state index contributed by atoms with van der Waals surface area (Å²) in [6.45, 7) is 7.74. The summed E-state index contributed by atoms with van der Waals surface area (Å²) < 4.78 is 16.9. The Morgan fingerprint density at radius 3 is 2.55 bits per heavy atom. The molecule has 0 aromatic heterocycles. The Labute approximate surface area is 217 Å². The van der Waals surface area contributed by atoms with Gasteiger partial charge in [-0.25, -0.2) is 4.99 Å². The van der Waals surface area contributed by atoms with Crippen LogP contribution >= 0.6 is 24.0 Å². The molecule has 7 nitrogen and oxygen atoms in total. The van der Waals surface area contributed by atoms with Crippen molar-refractivity contribution in [3.05, 3.63) is 23.8 Å². The lowest BCUT2D eigenvalue weighted by Crippen LogP contribution is -2.48. The molecule has 2 N–H and O–H groups in total. The number of methoxy groups -OCH3 is 2. The zero-order chi connectivity index (χ0) is 22.6. The van der Waals surface area contributed by atoms with Crippen LogP contribution in [-0.4, -0.2) is 70.0 Å². The number of piperidine rings is 1. The number of hydrogen-bond acceptors (Lipinski definition) is 5. The minimum absolute atomic E-state index is 0. The maximum absolute atomic E-state index is 6.34. The first-order valence-electron chi connectivity index (χ1n) is 12.3. The summed E-state index contributed by atoms with van der Waals surface area (Å²) in [6, 6.07) is 6.53. The van der Waals surface area contributed by atoms with E-state index in [4.69, 9.17) is 19.2 Å². The predicted molar refractivity (Wildman–Crippen MR) is 145 cm³/mol. The number of nitrogens with one attached hydrogen (secondary N) is 2. The van der Waals surface area contributed by atoms with Gasteiger partial charge in [0.25, 0.3) is 0 Å². The van der Waals surface area contributed by atoms with Gasteiger partial charge in [-0.2, -0.15) is 0 Å². The lowest BCUT2D eigenvalue weighted by Gasteiger charge is -2.33. The third-order valence-electron chi connectivity index (χ3n) is 6.37. The Morgan fingerprint density at radius 2 is 1.88 bits per heavy atom. The first kappa shape index (κ1) is 28.0. The van der Waals surface area contributed by atoms with Crippen molar-refractivity contribution in [2.24, 2.45) is 4.99 Å². The highest BCUT2D eigenvalue weighted by molar-refractivity contribution is 14.0. The van der Waals surface area contributed by atoms with Crippen LogP contribution in [-0.2, 0) is 11.3 Å². The first-order valence-corrected chi connectivity index (χ1v) is 12.3. The van der Waals surface area contributed by atoms with E-state index in [0.717, 1.165) is 87.9 Å². The molecule has 1 aromatic carbocycles. The quantitative estimate of drug-likeness (QED) is 0.179. The summed E-state index contributed by atoms with van der Waals surface area (Å²) in [5.74, 6) is 2.61. The molecule has 1 aliphatic heterocycles. The molecule has 2 aliphatic rings. The van der Waals surface area contributed by atoms with E-state index in [0.29, 0.717) is 18.7 Å². The number of aliphatic imine (C=N–C) groups is 1. The summed E-state index contributed by atoms with van der Waals surface area (Å²) >= 11 is 0. The van der Waals surface area contributed by atoms with Crippen LogP contribution in [0.25, 0.3) is 0 Å². The Hall–Kier alpha value is -1.26. The van der Waals surface area contributed by atoms with Crippen LogP contribution in [0.2, 0.25) is 0 Å². The van der Waals surface area contributed by atoms with Gasteiger partial charge in [-0.1, -0.05) is 0 Å². The number of guanidine groups is 1. The molecule has 0 spiro atoms. The molecule has 0 amide bonds. The lowest BCUT2D eigenvalue weighted by atomic mass is 10.1. The van der Waals surface area contributed by atoms with Gasteiger partial charge in [-0.3, -0.25) is 0 Å². The average molecular weight is 575 g/mol. The van der Waals surface area contributed by atoms with Gasteiger partial charge in [0.05, 0.1) is 19.8 Å². The minimum atomic E-state index is 0. The highest BCUT2D eigenvalue weighted by atomic mass is 127. The Bertz CT molecular complexity index is 705. The van der Waals surface area contributed by atoms with Gasteiger partial charge in [-0.15, -0.1) is 24.0 Å². The molecule has 188 valence electrons. The molecule has 0 radical (unpaired) electrons. The molecule has 1 saturated heterocycles. The van der Waals surface area contributed by atoms with Gasteiger partial charge in [0.2, 0.25) is 0 Å². The van der Waals surface area contributed by atoms with E-state index in [1.165, 1.54) is 12.8 Å². The Kier molecular flexibility index (Phi) is 13.2. The van der Waals surface area contributed by atoms with Gasteiger partial charge < -0.3 is 29.7 Å². The number of halogens is 1. The number of hydrogen-bond donors (Lipinski definition) is 2. The number of ether oxygens (including phenoxy) is 3. The zero-order valence-electron chi connectivity index (χ0n) is 20.6. The van der Waals surface area contributed by atoms with E-state index in [-0.39, 0.29) is 24.0 Å². The van der Waals surface area contributed by atoms with Crippen LogP contribution in [0.15, 0.2) is 23.2 Å². The molecule has 1 heterocycles. The molecular formula is C25H43IN4O3. The van der Waals surface area contributed by atoms with Crippen molar-refractivity contribution in [2.45, 2.75) is 70.6 Å². The summed E-state index contributed by atoms with van der Waals surface area (Å²) in [4.78, 5) is 7.42. The number of likely N-dealkylation sites (tertiary alicyclic amines) is 1. The SMILES string of the molecule is CCNC(=NCc1ccc(OC)cc1OC1CCCC1)NC1CCN(CCCOC)CC1.I. The maximum atomic E-state index is 6.34. The van der Waals surface area contributed by atoms with Gasteiger partial charge in [0.1, 0.15) is 11.5 Å². The molecule has 8 heteroatoms. The van der Waals surface area contributed by atoms with E-state index in [1.807, 2.05) is 12.1 Å². The van der Waals surface area contributed by atoms with Gasteiger partial charge in [0.15, 0.2) is 5.96 Å². The van der Waals surface area contributed by atoms with Crippen molar-refractivity contribution in [3.8, 4) is 11.5 Å². The molecule has 1 aromatic rings. The van der Waals surface area contributed by atoms with Gasteiger partial charge >= 0.3 is 0 Å². The van der Waals surface area contributed by atoms with Crippen molar-refractivity contribution in [1.29, 1.82) is 0 Å². The number of benzene rings is 1. The second-order valence-corrected chi connectivity index (χ2v) is 8.80. The zero-order valence-corrected chi connectivity index (χ0v) is 22.9. The fraction of sp³-hybridized carbons (Fsp3) is 0.720. The third-order valence-corrected chi connectivity index (χ3v) is 6.37. The van der Waals surface area contributed by atoms with Crippen LogP contribution in [0.4, 0.5) is 0 Å². The highest BCUT2D eigenvalue weighted by Crippen LogP contribution is 2.30. The van der Waals surface area contributed by atoms with Crippen LogP contribution in [0.5, 0.6) is 11.5 Å². The first-order chi connectivity index (χ1) is 15.7. The summed E-state index contributed by atoms with van der Waals surface area (Å²) in [5.41, 5.74) is 1.10. The molecule has 1 saturated carbocycles. The Morgan fingerprint density at radius 1 is 1.12 bits per heavy atom. The number of nitrogens with zero attached hydrogens (tertiary/aromatic N) is 2. The maximum Gasteiger partial charge on any atom is 0.191 e. The normalized spacial score (nSPS) is 18.1. The second kappa shape index (κ2) is 15.6. The molecule has 2 fully saturated rings. The smallest absolute Gasteiger partial charge is 0.191 e. The van der Waals surface area contributed by atoms with Crippen molar-refractivity contribution < 1.29 is 14.2 Å². The molecule has 3 rings (SSSR count). The molecule has 33 heavy (non-hydrogen) atoms. The van der Waals surface area contributed by atoms with Crippen molar-refractivity contribution in [2.75, 3.05) is 47.0 Å². The van der Waals surface area contributed by atoms with E-state index in [2.05, 4.69) is 28.5 Å². The fourth-order valence-electron chi connectivity index (χ4n) is 4.50. The van der Waals surface area contributed by atoms with E-state index in [1.54, 1.807) is 14.2 Å². The standard InChI is InChI=1S/C25H42N4O3.HI/c1-4-26-25(28-21-12-15-29(16-13-21)14-7-17-30-2)27-19-20-10-11-23(31-3)18-24(20)32-22-8-5-6-9-22;/h10-11,18,21-22H,4-9,12-17,19H2,1-3H3,(H2,26,27,28);1H. The largest absolute Gasteiger partial charge is 0.497 e. The van der Waals surface area contributed by atoms with Gasteiger partial charge in [0, 0.05) is 57.6 Å². The van der Waals surface area contributed by atoms with E-state index in [9.17, 15) is 0 Å². The average Bonchev–Trinajstić information content (AvgIpc) is 3.32. The second-order valence-electron chi connectivity index (χ2n) is 8.80. The van der Waals surface area contributed by atoms with Crippen molar-refractivity contribution >= 4 is 29.9 Å².